The van der Waals surface area contributed by atoms with Crippen molar-refractivity contribution < 1.29 is 13.2 Å². The van der Waals surface area contributed by atoms with Gasteiger partial charge in [0.1, 0.15) is 0 Å². The summed E-state index contributed by atoms with van der Waals surface area (Å²) in [4.78, 5) is 0. The second-order valence-corrected chi connectivity index (χ2v) is 4.40. The topological polar surface area (TPSA) is 43.8 Å². The van der Waals surface area contributed by atoms with Gasteiger partial charge in [0.05, 0.1) is 22.5 Å². The first-order valence-corrected chi connectivity index (χ1v) is 5.90. The highest BCUT2D eigenvalue weighted by molar-refractivity contribution is 6.32. The predicted molar refractivity (Wildman–Crippen MR) is 66.3 cm³/mol. The Kier molecular flexibility index (Phi) is 3.82. The first-order valence-electron chi connectivity index (χ1n) is 5.52. The van der Waals surface area contributed by atoms with Crippen LogP contribution in [0.2, 0.25) is 5.02 Å². The number of nitrogens with zero attached hydrogens (tertiary/aromatic N) is 2. The van der Waals surface area contributed by atoms with E-state index in [2.05, 4.69) is 5.10 Å². The van der Waals surface area contributed by atoms with Gasteiger partial charge in [-0.25, -0.2) is 4.68 Å². The Bertz CT molecular complexity index is 578. The summed E-state index contributed by atoms with van der Waals surface area (Å²) < 4.78 is 38.6. The van der Waals surface area contributed by atoms with Gasteiger partial charge in [-0.05, 0) is 30.7 Å². The Morgan fingerprint density at radius 1 is 1.32 bits per heavy atom. The van der Waals surface area contributed by atoms with E-state index in [0.717, 1.165) is 22.6 Å². The summed E-state index contributed by atoms with van der Waals surface area (Å²) in [5.74, 6) is 0. The van der Waals surface area contributed by atoms with Crippen molar-refractivity contribution in [1.82, 2.24) is 9.78 Å². The van der Waals surface area contributed by atoms with Gasteiger partial charge in [0.2, 0.25) is 0 Å². The average molecular weight is 290 g/mol. The van der Waals surface area contributed by atoms with Gasteiger partial charge in [0.15, 0.2) is 0 Å². The normalized spacial score (nSPS) is 11.8. The quantitative estimate of drug-likeness (QED) is 0.944. The molecule has 0 radical (unpaired) electrons. The minimum absolute atomic E-state index is 0.336. The number of alkyl halides is 3. The molecule has 1 aromatic carbocycles. The zero-order valence-corrected chi connectivity index (χ0v) is 10.5. The molecule has 7 heteroatoms. The van der Waals surface area contributed by atoms with E-state index in [1.807, 2.05) is 0 Å². The average Bonchev–Trinajstić information content (AvgIpc) is 2.78. The van der Waals surface area contributed by atoms with E-state index in [1.165, 1.54) is 0 Å². The third kappa shape index (κ3) is 3.08. The van der Waals surface area contributed by atoms with Gasteiger partial charge < -0.3 is 5.73 Å². The fraction of sp³-hybridized carbons (Fsp3) is 0.250. The fourth-order valence-electron chi connectivity index (χ4n) is 1.66. The lowest BCUT2D eigenvalue weighted by molar-refractivity contribution is -0.137. The van der Waals surface area contributed by atoms with Crippen LogP contribution < -0.4 is 5.73 Å². The summed E-state index contributed by atoms with van der Waals surface area (Å²) in [5, 5.41) is 4.01. The minimum Gasteiger partial charge on any atom is -0.330 e. The molecule has 2 aromatic rings. The van der Waals surface area contributed by atoms with E-state index >= 15 is 0 Å². The zero-order valence-electron chi connectivity index (χ0n) is 9.78. The van der Waals surface area contributed by atoms with Crippen molar-refractivity contribution in [2.45, 2.75) is 12.6 Å². The zero-order chi connectivity index (χ0) is 14.0. The van der Waals surface area contributed by atoms with Gasteiger partial charge in [-0.15, -0.1) is 0 Å². The minimum atomic E-state index is -4.41. The van der Waals surface area contributed by atoms with Crippen molar-refractivity contribution in [3.63, 3.8) is 0 Å². The number of benzene rings is 1. The number of rotatable bonds is 3. The van der Waals surface area contributed by atoms with Crippen LogP contribution in [0.15, 0.2) is 30.6 Å². The van der Waals surface area contributed by atoms with E-state index < -0.39 is 11.7 Å². The molecule has 102 valence electrons. The molecule has 1 aromatic heterocycles. The summed E-state index contributed by atoms with van der Waals surface area (Å²) in [6.45, 7) is 0.482. The Labute approximate surface area is 112 Å². The van der Waals surface area contributed by atoms with Gasteiger partial charge in [0.25, 0.3) is 0 Å². The highest BCUT2D eigenvalue weighted by Crippen LogP contribution is 2.30. The Hall–Kier alpha value is -1.53. The molecule has 0 bridgehead atoms. The van der Waals surface area contributed by atoms with Gasteiger partial charge in [-0.1, -0.05) is 17.7 Å². The van der Waals surface area contributed by atoms with Gasteiger partial charge in [-0.2, -0.15) is 18.3 Å². The number of hydrogen-bond acceptors (Lipinski definition) is 2. The molecule has 0 saturated heterocycles. The molecule has 3 nitrogen and oxygen atoms in total. The first kappa shape index (κ1) is 13.9. The molecule has 0 amide bonds. The summed E-state index contributed by atoms with van der Waals surface area (Å²) in [6.07, 6.45) is -2.08. The highest BCUT2D eigenvalue weighted by Gasteiger charge is 2.32. The van der Waals surface area contributed by atoms with E-state index in [1.54, 1.807) is 18.2 Å². The molecule has 19 heavy (non-hydrogen) atoms. The second kappa shape index (κ2) is 5.22. The Morgan fingerprint density at radius 2 is 2.05 bits per heavy atom. The molecule has 0 aliphatic carbocycles. The van der Waals surface area contributed by atoms with Crippen LogP contribution in [0.4, 0.5) is 13.2 Å². The van der Waals surface area contributed by atoms with Crippen LogP contribution in [0.3, 0.4) is 0 Å². The Balaban J connectivity index is 2.34. The summed E-state index contributed by atoms with van der Waals surface area (Å²) in [5.41, 5.74) is 5.95. The molecule has 0 spiro atoms. The Morgan fingerprint density at radius 3 is 2.58 bits per heavy atom. The summed E-state index contributed by atoms with van der Waals surface area (Å²) in [7, 11) is 0. The van der Waals surface area contributed by atoms with Crippen LogP contribution in [0.1, 0.15) is 11.1 Å². The molecular formula is C12H11ClF3N3. The van der Waals surface area contributed by atoms with E-state index in [-0.39, 0.29) is 0 Å². The molecule has 2 N–H and O–H groups in total. The largest absolute Gasteiger partial charge is 0.419 e. The van der Waals surface area contributed by atoms with E-state index in [0.29, 0.717) is 23.7 Å². The molecule has 0 fully saturated rings. The van der Waals surface area contributed by atoms with Gasteiger partial charge in [0, 0.05) is 6.20 Å². The monoisotopic (exact) mass is 289 g/mol. The molecular weight excluding hydrogens is 279 g/mol. The third-order valence-corrected chi connectivity index (χ3v) is 2.90. The molecule has 0 atom stereocenters. The number of aromatic nitrogens is 2. The standard InChI is InChI=1S/C12H11ClF3N3/c13-10-5-8(3-4-17)1-2-11(10)19-7-9(6-18-19)12(14,15)16/h1-2,5-7H,3-4,17H2. The molecule has 0 aliphatic rings. The summed E-state index contributed by atoms with van der Waals surface area (Å²) >= 11 is 6.04. The van der Waals surface area contributed by atoms with Crippen LogP contribution in [0.5, 0.6) is 0 Å². The predicted octanol–water partition coefficient (Wildman–Crippen LogP) is 3.05. The van der Waals surface area contributed by atoms with Crippen LogP contribution in [0.25, 0.3) is 5.69 Å². The number of hydrogen-bond donors (Lipinski definition) is 1. The molecule has 0 saturated carbocycles. The SMILES string of the molecule is NCCc1ccc(-n2cc(C(F)(F)F)cn2)c(Cl)c1. The van der Waals surface area contributed by atoms with Crippen molar-refractivity contribution in [3.8, 4) is 5.69 Å². The maximum absolute atomic E-state index is 12.5. The lowest BCUT2D eigenvalue weighted by atomic mass is 10.1. The van der Waals surface area contributed by atoms with Crippen LogP contribution in [-0.2, 0) is 12.6 Å². The third-order valence-electron chi connectivity index (χ3n) is 2.60. The fourth-order valence-corrected chi connectivity index (χ4v) is 1.95. The lowest BCUT2D eigenvalue weighted by Crippen LogP contribution is -2.04. The maximum atomic E-state index is 12.5. The van der Waals surface area contributed by atoms with Crippen molar-refractivity contribution in [2.24, 2.45) is 5.73 Å². The van der Waals surface area contributed by atoms with Crippen LogP contribution in [-0.4, -0.2) is 16.3 Å². The van der Waals surface area contributed by atoms with Gasteiger partial charge >= 0.3 is 6.18 Å². The van der Waals surface area contributed by atoms with Crippen molar-refractivity contribution in [1.29, 1.82) is 0 Å². The highest BCUT2D eigenvalue weighted by atomic mass is 35.5. The van der Waals surface area contributed by atoms with E-state index in [9.17, 15) is 13.2 Å². The number of nitrogens with two attached hydrogens (primary N) is 1. The van der Waals surface area contributed by atoms with Crippen molar-refractivity contribution in [3.05, 3.63) is 46.7 Å². The van der Waals surface area contributed by atoms with E-state index in [4.69, 9.17) is 17.3 Å². The van der Waals surface area contributed by atoms with Crippen LogP contribution >= 0.6 is 11.6 Å². The molecule has 0 unspecified atom stereocenters. The number of halogens is 4. The van der Waals surface area contributed by atoms with Crippen LogP contribution in [0, 0.1) is 0 Å². The first-order chi connectivity index (χ1) is 8.91. The molecule has 2 rings (SSSR count). The lowest BCUT2D eigenvalue weighted by Gasteiger charge is -2.07. The molecule has 1 heterocycles. The van der Waals surface area contributed by atoms with Crippen molar-refractivity contribution in [2.75, 3.05) is 6.54 Å². The van der Waals surface area contributed by atoms with Gasteiger partial charge in [-0.3, -0.25) is 0 Å². The summed E-state index contributed by atoms with van der Waals surface area (Å²) in [6, 6.07) is 5.07. The molecule has 0 aliphatic heterocycles. The smallest absolute Gasteiger partial charge is 0.330 e. The maximum Gasteiger partial charge on any atom is 0.419 e. The van der Waals surface area contributed by atoms with Crippen molar-refractivity contribution >= 4 is 11.6 Å². The second-order valence-electron chi connectivity index (χ2n) is 4.00.